The van der Waals surface area contributed by atoms with E-state index in [9.17, 15) is 13.5 Å². The molecule has 5 nitrogen and oxygen atoms in total. The average molecular weight is 286 g/mol. The number of nitrogens with two attached hydrogens (primary N) is 1. The Labute approximate surface area is 114 Å². The van der Waals surface area contributed by atoms with Crippen molar-refractivity contribution in [1.82, 2.24) is 5.32 Å². The summed E-state index contributed by atoms with van der Waals surface area (Å²) in [6, 6.07) is 6.42. The van der Waals surface area contributed by atoms with Gasteiger partial charge in [-0.05, 0) is 30.5 Å². The zero-order valence-corrected chi connectivity index (χ0v) is 12.3. The van der Waals surface area contributed by atoms with E-state index in [4.69, 9.17) is 5.14 Å². The Morgan fingerprint density at radius 1 is 1.32 bits per heavy atom. The molecule has 0 saturated carbocycles. The van der Waals surface area contributed by atoms with Gasteiger partial charge in [0.25, 0.3) is 0 Å². The molecule has 0 bridgehead atoms. The lowest BCUT2D eigenvalue weighted by molar-refractivity contribution is 0.201. The lowest BCUT2D eigenvalue weighted by Gasteiger charge is -2.25. The van der Waals surface area contributed by atoms with E-state index in [0.717, 1.165) is 5.56 Å². The van der Waals surface area contributed by atoms with Gasteiger partial charge < -0.3 is 10.4 Å². The van der Waals surface area contributed by atoms with Crippen molar-refractivity contribution >= 4 is 10.0 Å². The van der Waals surface area contributed by atoms with E-state index in [1.165, 1.54) is 6.07 Å². The van der Waals surface area contributed by atoms with Crippen LogP contribution < -0.4 is 10.5 Å². The highest BCUT2D eigenvalue weighted by Gasteiger charge is 2.17. The molecule has 2 unspecified atom stereocenters. The monoisotopic (exact) mass is 286 g/mol. The number of aliphatic hydroxyl groups is 1. The minimum atomic E-state index is -3.69. The lowest BCUT2D eigenvalue weighted by Crippen LogP contribution is -2.38. The van der Waals surface area contributed by atoms with Crippen molar-refractivity contribution in [2.45, 2.75) is 37.8 Å². The Bertz CT molecular complexity index is 514. The number of nitrogens with one attached hydrogen (secondary N) is 1. The highest BCUT2D eigenvalue weighted by atomic mass is 32.2. The molecule has 1 rings (SSSR count). The molecule has 4 N–H and O–H groups in total. The minimum Gasteiger partial charge on any atom is -0.395 e. The molecule has 0 fully saturated rings. The van der Waals surface area contributed by atoms with Gasteiger partial charge in [0, 0.05) is 12.1 Å². The van der Waals surface area contributed by atoms with Crippen LogP contribution in [0.4, 0.5) is 0 Å². The first-order valence-corrected chi connectivity index (χ1v) is 7.80. The molecular formula is C13H22N2O3S. The second kappa shape index (κ2) is 6.47. The van der Waals surface area contributed by atoms with E-state index < -0.39 is 10.0 Å². The van der Waals surface area contributed by atoms with Crippen molar-refractivity contribution in [1.29, 1.82) is 0 Å². The van der Waals surface area contributed by atoms with Crippen LogP contribution in [0.25, 0.3) is 0 Å². The summed E-state index contributed by atoms with van der Waals surface area (Å²) in [5.41, 5.74) is 0.825. The van der Waals surface area contributed by atoms with Crippen LogP contribution in [0.3, 0.4) is 0 Å². The second-order valence-electron chi connectivity index (χ2n) is 5.04. The van der Waals surface area contributed by atoms with Gasteiger partial charge in [0.05, 0.1) is 11.5 Å². The van der Waals surface area contributed by atoms with Crippen LogP contribution >= 0.6 is 0 Å². The van der Waals surface area contributed by atoms with Crippen molar-refractivity contribution in [2.24, 2.45) is 11.1 Å². The molecule has 0 amide bonds. The SMILES string of the molecule is CC(NC(CO)C(C)C)c1cccc(S(N)(=O)=O)c1. The quantitative estimate of drug-likeness (QED) is 0.727. The molecule has 0 saturated heterocycles. The summed E-state index contributed by atoms with van der Waals surface area (Å²) in [6.45, 7) is 5.99. The van der Waals surface area contributed by atoms with Gasteiger partial charge in [-0.1, -0.05) is 26.0 Å². The van der Waals surface area contributed by atoms with E-state index in [2.05, 4.69) is 5.32 Å². The van der Waals surface area contributed by atoms with E-state index in [1.54, 1.807) is 12.1 Å². The normalized spacial score (nSPS) is 15.5. The van der Waals surface area contributed by atoms with E-state index in [0.29, 0.717) is 0 Å². The predicted octanol–water partition coefficient (Wildman–Crippen LogP) is 1.00. The van der Waals surface area contributed by atoms with Crippen molar-refractivity contribution in [3.8, 4) is 0 Å². The van der Waals surface area contributed by atoms with Crippen LogP contribution in [0.1, 0.15) is 32.4 Å². The first-order valence-electron chi connectivity index (χ1n) is 6.25. The van der Waals surface area contributed by atoms with Gasteiger partial charge in [0.15, 0.2) is 0 Å². The third kappa shape index (κ3) is 4.58. The van der Waals surface area contributed by atoms with Gasteiger partial charge in [-0.25, -0.2) is 13.6 Å². The average Bonchev–Trinajstić information content (AvgIpc) is 2.34. The van der Waals surface area contributed by atoms with E-state index in [1.807, 2.05) is 26.8 Å². The lowest BCUT2D eigenvalue weighted by atomic mass is 10.0. The zero-order valence-electron chi connectivity index (χ0n) is 11.5. The molecule has 6 heteroatoms. The fourth-order valence-electron chi connectivity index (χ4n) is 1.83. The summed E-state index contributed by atoms with van der Waals surface area (Å²) in [7, 11) is -3.69. The van der Waals surface area contributed by atoms with Gasteiger partial charge in [0.2, 0.25) is 10.0 Å². The standard InChI is InChI=1S/C13H22N2O3S/c1-9(2)13(8-16)15-10(3)11-5-4-6-12(7-11)19(14,17)18/h4-7,9-10,13,15-16H,8H2,1-3H3,(H2,14,17,18). The molecule has 0 aliphatic carbocycles. The maximum atomic E-state index is 11.3. The summed E-state index contributed by atoms with van der Waals surface area (Å²) in [5.74, 6) is 0.286. The van der Waals surface area contributed by atoms with Gasteiger partial charge in [-0.2, -0.15) is 0 Å². The molecule has 0 heterocycles. The van der Waals surface area contributed by atoms with Crippen LogP contribution in [0.5, 0.6) is 0 Å². The zero-order chi connectivity index (χ0) is 14.6. The Morgan fingerprint density at radius 2 is 1.95 bits per heavy atom. The molecule has 1 aromatic rings. The largest absolute Gasteiger partial charge is 0.395 e. The maximum Gasteiger partial charge on any atom is 0.238 e. The van der Waals surface area contributed by atoms with Gasteiger partial charge in [0.1, 0.15) is 0 Å². The van der Waals surface area contributed by atoms with Gasteiger partial charge in [-0.15, -0.1) is 0 Å². The van der Waals surface area contributed by atoms with Crippen molar-refractivity contribution in [2.75, 3.05) is 6.61 Å². The number of hydrogen-bond acceptors (Lipinski definition) is 4. The van der Waals surface area contributed by atoms with Crippen LogP contribution in [-0.2, 0) is 10.0 Å². The fraction of sp³-hybridized carbons (Fsp3) is 0.538. The summed E-state index contributed by atoms with van der Waals surface area (Å²) < 4.78 is 22.6. The predicted molar refractivity (Wildman–Crippen MR) is 75.1 cm³/mol. The van der Waals surface area contributed by atoms with Crippen LogP contribution in [0.15, 0.2) is 29.2 Å². The fourth-order valence-corrected chi connectivity index (χ4v) is 2.40. The number of aliphatic hydroxyl groups excluding tert-OH is 1. The Balaban J connectivity index is 2.91. The van der Waals surface area contributed by atoms with Crippen molar-refractivity contribution in [3.05, 3.63) is 29.8 Å². The smallest absolute Gasteiger partial charge is 0.238 e. The minimum absolute atomic E-state index is 0.0341. The highest BCUT2D eigenvalue weighted by Crippen LogP contribution is 2.18. The van der Waals surface area contributed by atoms with Crippen LogP contribution in [0.2, 0.25) is 0 Å². The molecule has 2 atom stereocenters. The molecule has 0 aromatic heterocycles. The number of hydrogen-bond donors (Lipinski definition) is 3. The molecule has 0 radical (unpaired) electrons. The first-order chi connectivity index (χ1) is 8.75. The summed E-state index contributed by atoms with van der Waals surface area (Å²) in [5, 5.41) is 17.7. The van der Waals surface area contributed by atoms with Gasteiger partial charge >= 0.3 is 0 Å². The highest BCUT2D eigenvalue weighted by molar-refractivity contribution is 7.89. The third-order valence-electron chi connectivity index (χ3n) is 3.15. The molecule has 1 aromatic carbocycles. The summed E-state index contributed by atoms with van der Waals surface area (Å²) in [6.07, 6.45) is 0. The molecule has 0 aliphatic heterocycles. The Morgan fingerprint density at radius 3 is 2.42 bits per heavy atom. The second-order valence-corrected chi connectivity index (χ2v) is 6.60. The molecule has 19 heavy (non-hydrogen) atoms. The van der Waals surface area contributed by atoms with Crippen molar-refractivity contribution < 1.29 is 13.5 Å². The number of rotatable bonds is 6. The number of primary sulfonamides is 1. The van der Waals surface area contributed by atoms with E-state index >= 15 is 0 Å². The van der Waals surface area contributed by atoms with E-state index in [-0.39, 0.29) is 29.5 Å². The topological polar surface area (TPSA) is 92.4 Å². The van der Waals surface area contributed by atoms with Gasteiger partial charge in [-0.3, -0.25) is 0 Å². The van der Waals surface area contributed by atoms with Crippen LogP contribution in [-0.4, -0.2) is 26.2 Å². The molecule has 108 valence electrons. The first kappa shape index (κ1) is 16.1. The molecule has 0 spiro atoms. The molecular weight excluding hydrogens is 264 g/mol. The Hall–Kier alpha value is -0.950. The Kier molecular flexibility index (Phi) is 5.49. The molecule has 0 aliphatic rings. The summed E-state index contributed by atoms with van der Waals surface area (Å²) in [4.78, 5) is 0.101. The summed E-state index contributed by atoms with van der Waals surface area (Å²) >= 11 is 0. The maximum absolute atomic E-state index is 11.3. The number of sulfonamides is 1. The van der Waals surface area contributed by atoms with Crippen molar-refractivity contribution in [3.63, 3.8) is 0 Å². The number of benzene rings is 1. The third-order valence-corrected chi connectivity index (χ3v) is 4.06. The van der Waals surface area contributed by atoms with Crippen LogP contribution in [0, 0.1) is 5.92 Å².